The van der Waals surface area contributed by atoms with Gasteiger partial charge in [0.25, 0.3) is 0 Å². The summed E-state index contributed by atoms with van der Waals surface area (Å²) in [5.74, 6) is 5.33. The number of fused-ring (bicyclic) bond motifs is 12. The second-order valence-electron chi connectivity index (χ2n) is 14.5. The van der Waals surface area contributed by atoms with Crippen LogP contribution < -0.4 is 47.7 Å². The number of nitrogens with zero attached hydrogens (tertiary/aromatic N) is 2. The van der Waals surface area contributed by atoms with Crippen molar-refractivity contribution in [1.82, 2.24) is 0 Å². The van der Waals surface area contributed by atoms with Gasteiger partial charge in [-0.2, -0.15) is 0 Å². The normalized spacial score (nSPS) is 17.0. The lowest BCUT2D eigenvalue weighted by Gasteiger charge is -2.41. The first-order chi connectivity index (χ1) is 27.3. The third-order valence-corrected chi connectivity index (χ3v) is 11.9. The maximum atomic E-state index is 15.0. The molecule has 4 heterocycles. The van der Waals surface area contributed by atoms with Crippen LogP contribution in [0.4, 0.5) is 11.4 Å². The molecule has 0 aliphatic carbocycles. The van der Waals surface area contributed by atoms with Crippen LogP contribution in [0.1, 0.15) is 36.1 Å². The highest BCUT2D eigenvalue weighted by atomic mass is 16.7. The van der Waals surface area contributed by atoms with Gasteiger partial charge in [0.15, 0.2) is 46.0 Å². The molecule has 284 valence electrons. The van der Waals surface area contributed by atoms with E-state index < -0.39 is 0 Å². The van der Waals surface area contributed by atoms with Gasteiger partial charge in [0.1, 0.15) is 5.78 Å². The minimum absolute atomic E-state index is 0.0629. The third kappa shape index (κ3) is 4.85. The Morgan fingerprint density at radius 2 is 0.946 bits per heavy atom. The Labute approximate surface area is 323 Å². The Bertz CT molecular complexity index is 2460. The highest BCUT2D eigenvalue weighted by Gasteiger charge is 2.39. The molecular weight excluding hydrogens is 712 g/mol. The fourth-order valence-corrected chi connectivity index (χ4v) is 9.31. The van der Waals surface area contributed by atoms with Gasteiger partial charge in [-0.1, -0.05) is 24.3 Å². The maximum Gasteiger partial charge on any atom is 0.231 e. The molecule has 4 aliphatic rings. The first-order valence-corrected chi connectivity index (χ1v) is 18.5. The molecule has 56 heavy (non-hydrogen) atoms. The van der Waals surface area contributed by atoms with E-state index in [9.17, 15) is 4.79 Å². The number of Topliss-reactive ketones (excluding diaryl/α,β-unsaturated/α-hetero) is 1. The van der Waals surface area contributed by atoms with Crippen LogP contribution in [-0.4, -0.2) is 61.9 Å². The van der Waals surface area contributed by atoms with Crippen molar-refractivity contribution in [3.63, 3.8) is 0 Å². The number of carbonyl (C=O) groups excluding carboxylic acids is 1. The molecule has 0 saturated heterocycles. The Morgan fingerprint density at radius 1 is 0.554 bits per heavy atom. The average molecular weight is 753 g/mol. The molecule has 0 saturated carbocycles. The molecule has 0 spiro atoms. The number of ether oxygens (including phenoxy) is 8. The minimum atomic E-state index is -0.389. The van der Waals surface area contributed by atoms with E-state index in [1.807, 2.05) is 50.5 Å². The number of anilines is 2. The van der Waals surface area contributed by atoms with Crippen molar-refractivity contribution in [2.45, 2.75) is 24.9 Å². The van der Waals surface area contributed by atoms with Gasteiger partial charge in [0.2, 0.25) is 13.6 Å². The number of rotatable bonds is 8. The molecule has 0 unspecified atom stereocenters. The van der Waals surface area contributed by atoms with E-state index in [0.717, 1.165) is 77.8 Å². The molecular formula is C45H40N2O9. The van der Waals surface area contributed by atoms with Gasteiger partial charge in [-0.15, -0.1) is 0 Å². The number of hydrogen-bond donors (Lipinski definition) is 0. The van der Waals surface area contributed by atoms with Crippen LogP contribution in [0.3, 0.4) is 0 Å². The van der Waals surface area contributed by atoms with Crippen molar-refractivity contribution < 1.29 is 42.7 Å². The summed E-state index contributed by atoms with van der Waals surface area (Å²) in [7, 11) is 10.7. The topological polar surface area (TPSA) is 97.4 Å². The highest BCUT2D eigenvalue weighted by Crippen LogP contribution is 2.57. The van der Waals surface area contributed by atoms with Gasteiger partial charge in [-0.05, 0) is 70.4 Å². The quantitative estimate of drug-likeness (QED) is 0.149. The zero-order valence-corrected chi connectivity index (χ0v) is 32.0. The number of methoxy groups -OCH3 is 4. The van der Waals surface area contributed by atoms with Crippen LogP contribution in [0.25, 0.3) is 43.8 Å². The van der Waals surface area contributed by atoms with Gasteiger partial charge in [-0.25, -0.2) is 0 Å². The summed E-state index contributed by atoms with van der Waals surface area (Å²) in [5.41, 5.74) is 7.84. The third-order valence-electron chi connectivity index (χ3n) is 11.9. The first kappa shape index (κ1) is 34.0. The summed E-state index contributed by atoms with van der Waals surface area (Å²) in [6.45, 7) is 0.363. The van der Waals surface area contributed by atoms with Crippen LogP contribution in [0.15, 0.2) is 72.8 Å². The van der Waals surface area contributed by atoms with Gasteiger partial charge >= 0.3 is 0 Å². The molecule has 0 bridgehead atoms. The Morgan fingerprint density at radius 3 is 1.34 bits per heavy atom. The fraction of sp³-hybridized carbons (Fsp3) is 0.267. The van der Waals surface area contributed by atoms with Crippen LogP contribution in [0.2, 0.25) is 0 Å². The molecule has 2 atom stereocenters. The predicted molar refractivity (Wildman–Crippen MR) is 214 cm³/mol. The fourth-order valence-electron chi connectivity index (χ4n) is 9.31. The molecule has 0 aromatic heterocycles. The number of benzene rings is 6. The second-order valence-corrected chi connectivity index (χ2v) is 14.5. The van der Waals surface area contributed by atoms with E-state index in [4.69, 9.17) is 37.9 Å². The zero-order chi connectivity index (χ0) is 38.4. The zero-order valence-electron chi connectivity index (χ0n) is 32.0. The first-order valence-electron chi connectivity index (χ1n) is 18.5. The summed E-state index contributed by atoms with van der Waals surface area (Å²) in [4.78, 5) is 19.4. The van der Waals surface area contributed by atoms with E-state index in [1.54, 1.807) is 28.4 Å². The molecule has 11 nitrogen and oxygen atoms in total. The number of ketones is 1. The molecule has 0 N–H and O–H groups in total. The van der Waals surface area contributed by atoms with Crippen molar-refractivity contribution in [1.29, 1.82) is 0 Å². The van der Waals surface area contributed by atoms with Gasteiger partial charge in [0, 0.05) is 60.0 Å². The van der Waals surface area contributed by atoms with Crippen molar-refractivity contribution in [2.75, 3.05) is 65.9 Å². The van der Waals surface area contributed by atoms with E-state index in [2.05, 4.69) is 46.2 Å². The van der Waals surface area contributed by atoms with Gasteiger partial charge in [0.05, 0.1) is 51.9 Å². The Balaban J connectivity index is 1.10. The molecule has 11 heteroatoms. The Kier molecular flexibility index (Phi) is 7.78. The molecule has 4 aliphatic heterocycles. The van der Waals surface area contributed by atoms with Crippen molar-refractivity contribution in [3.8, 4) is 68.2 Å². The molecule has 10 rings (SSSR count). The van der Waals surface area contributed by atoms with E-state index in [1.165, 1.54) is 0 Å². The standard InChI is InChI=1S/C45H40N2O9/c1-46-32(40-26(11-13-34(49-3)44(40)51-5)28-9-7-23-15-36-38(55-21-53-36)19-30(23)42(28)46)17-25(48)18-33-41-27(12-14-35(50-4)45(41)52-6)29-10-8-24-16-37-39(56-22-54-37)20-31(24)43(29)47(33)2/h7-16,19-20,32-33H,17-18,21-22H2,1-6H3/t32-,33-/m1/s1. The monoisotopic (exact) mass is 752 g/mol. The summed E-state index contributed by atoms with van der Waals surface area (Å²) in [6.07, 6.45) is 0.390. The molecule has 0 amide bonds. The smallest absolute Gasteiger partial charge is 0.231 e. The maximum absolute atomic E-state index is 15.0. The van der Waals surface area contributed by atoms with Crippen LogP contribution in [0.5, 0.6) is 46.0 Å². The highest BCUT2D eigenvalue weighted by molar-refractivity contribution is 6.07. The molecule has 6 aromatic carbocycles. The summed E-state index contributed by atoms with van der Waals surface area (Å²) in [6, 6.07) is 23.8. The lowest BCUT2D eigenvalue weighted by molar-refractivity contribution is -0.119. The summed E-state index contributed by atoms with van der Waals surface area (Å²) >= 11 is 0. The van der Waals surface area contributed by atoms with E-state index >= 15 is 0 Å². The minimum Gasteiger partial charge on any atom is -0.493 e. The molecule has 0 radical (unpaired) electrons. The second kappa shape index (κ2) is 12.8. The number of carbonyl (C=O) groups is 1. The molecule has 6 aromatic rings. The van der Waals surface area contributed by atoms with E-state index in [-0.39, 0.29) is 44.3 Å². The Hall–Kier alpha value is -6.49. The van der Waals surface area contributed by atoms with Crippen molar-refractivity contribution in [3.05, 3.63) is 83.9 Å². The lowest BCUT2D eigenvalue weighted by Crippen LogP contribution is -2.34. The lowest BCUT2D eigenvalue weighted by atomic mass is 9.81. The van der Waals surface area contributed by atoms with Crippen molar-refractivity contribution >= 4 is 38.7 Å². The average Bonchev–Trinajstić information content (AvgIpc) is 3.89. The van der Waals surface area contributed by atoms with Crippen LogP contribution in [0, 0.1) is 0 Å². The predicted octanol–water partition coefficient (Wildman–Crippen LogP) is 8.85. The van der Waals surface area contributed by atoms with E-state index in [0.29, 0.717) is 34.5 Å². The van der Waals surface area contributed by atoms with Crippen LogP contribution in [-0.2, 0) is 4.79 Å². The summed E-state index contributed by atoms with van der Waals surface area (Å²) < 4.78 is 46.9. The SMILES string of the molecule is COc1ccc2c(c1OC)[C@@H](CC(=O)C[C@@H]1c3c(ccc(OC)c3OC)-c3ccc4cc5c(cc4c3N1C)OCO5)N(C)c1c-2ccc2cc3c(cc12)OCO3. The van der Waals surface area contributed by atoms with Crippen LogP contribution >= 0.6 is 0 Å². The van der Waals surface area contributed by atoms with Crippen molar-refractivity contribution in [2.24, 2.45) is 0 Å². The van der Waals surface area contributed by atoms with Gasteiger partial charge < -0.3 is 47.7 Å². The number of hydrogen-bond acceptors (Lipinski definition) is 11. The summed E-state index contributed by atoms with van der Waals surface area (Å²) in [5, 5.41) is 4.05. The molecule has 0 fully saturated rings. The largest absolute Gasteiger partial charge is 0.493 e. The van der Waals surface area contributed by atoms with Gasteiger partial charge in [-0.3, -0.25) is 4.79 Å².